The molecule has 0 radical (unpaired) electrons. The van der Waals surface area contributed by atoms with E-state index in [1.54, 1.807) is 13.2 Å². The summed E-state index contributed by atoms with van der Waals surface area (Å²) in [6.07, 6.45) is 1.60. The van der Waals surface area contributed by atoms with Crippen LogP contribution in [0.4, 0.5) is 10.2 Å². The van der Waals surface area contributed by atoms with Crippen molar-refractivity contribution in [2.75, 3.05) is 4.72 Å². The Morgan fingerprint density at radius 3 is 2.74 bits per heavy atom. The summed E-state index contributed by atoms with van der Waals surface area (Å²) in [7, 11) is -2.38. The Kier molecular flexibility index (Phi) is 3.54. The van der Waals surface area contributed by atoms with Gasteiger partial charge in [0.2, 0.25) is 0 Å². The third kappa shape index (κ3) is 2.74. The summed E-state index contributed by atoms with van der Waals surface area (Å²) < 4.78 is 41.3. The SMILES string of the molecule is Cn1cc(CN)c(NS(=O)(=O)c2ccccc2F)n1. The summed E-state index contributed by atoms with van der Waals surface area (Å²) in [5.74, 6) is -0.714. The number of hydrogen-bond donors (Lipinski definition) is 2. The minimum atomic E-state index is -4.02. The van der Waals surface area contributed by atoms with Crippen molar-refractivity contribution in [3.63, 3.8) is 0 Å². The molecule has 0 saturated carbocycles. The van der Waals surface area contributed by atoms with Crippen LogP contribution in [0.1, 0.15) is 5.56 Å². The zero-order chi connectivity index (χ0) is 14.0. The average Bonchev–Trinajstić information content (AvgIpc) is 2.69. The van der Waals surface area contributed by atoms with E-state index in [4.69, 9.17) is 5.73 Å². The number of rotatable bonds is 4. The molecule has 0 amide bonds. The van der Waals surface area contributed by atoms with Gasteiger partial charge >= 0.3 is 0 Å². The maximum absolute atomic E-state index is 13.5. The summed E-state index contributed by atoms with van der Waals surface area (Å²) >= 11 is 0. The number of benzene rings is 1. The average molecular weight is 284 g/mol. The molecular weight excluding hydrogens is 271 g/mol. The third-order valence-electron chi connectivity index (χ3n) is 2.48. The summed E-state index contributed by atoms with van der Waals surface area (Å²) in [6, 6.07) is 5.12. The van der Waals surface area contributed by atoms with Crippen LogP contribution in [0.15, 0.2) is 35.4 Å². The smallest absolute Gasteiger partial charge is 0.266 e. The summed E-state index contributed by atoms with van der Waals surface area (Å²) in [4.78, 5) is -0.427. The first-order valence-corrected chi connectivity index (χ1v) is 6.92. The lowest BCUT2D eigenvalue weighted by Gasteiger charge is -2.07. The molecule has 1 aromatic heterocycles. The number of aromatic nitrogens is 2. The number of nitrogens with zero attached hydrogens (tertiary/aromatic N) is 2. The first-order valence-electron chi connectivity index (χ1n) is 5.44. The fourth-order valence-electron chi connectivity index (χ4n) is 1.62. The van der Waals surface area contributed by atoms with Gasteiger partial charge in [0, 0.05) is 25.4 Å². The van der Waals surface area contributed by atoms with Crippen LogP contribution in [0.5, 0.6) is 0 Å². The molecular formula is C11H13FN4O2S. The maximum Gasteiger partial charge on any atom is 0.266 e. The van der Waals surface area contributed by atoms with Crippen LogP contribution in [0, 0.1) is 5.82 Å². The molecule has 1 aromatic carbocycles. The van der Waals surface area contributed by atoms with E-state index in [-0.39, 0.29) is 12.4 Å². The monoisotopic (exact) mass is 284 g/mol. The van der Waals surface area contributed by atoms with Gasteiger partial charge in [-0.05, 0) is 12.1 Å². The van der Waals surface area contributed by atoms with E-state index in [1.807, 2.05) is 0 Å². The van der Waals surface area contributed by atoms with Gasteiger partial charge in [-0.25, -0.2) is 12.8 Å². The molecule has 0 fully saturated rings. The highest BCUT2D eigenvalue weighted by Gasteiger charge is 2.21. The molecule has 2 aromatic rings. The fraction of sp³-hybridized carbons (Fsp3) is 0.182. The first kappa shape index (κ1) is 13.5. The predicted molar refractivity (Wildman–Crippen MR) is 68.3 cm³/mol. The number of sulfonamides is 1. The van der Waals surface area contributed by atoms with Gasteiger partial charge in [-0.15, -0.1) is 0 Å². The van der Waals surface area contributed by atoms with Crippen molar-refractivity contribution in [3.05, 3.63) is 41.8 Å². The first-order chi connectivity index (χ1) is 8.94. The molecule has 0 aliphatic carbocycles. The van der Waals surface area contributed by atoms with Crippen molar-refractivity contribution in [2.45, 2.75) is 11.4 Å². The Morgan fingerprint density at radius 2 is 2.11 bits per heavy atom. The van der Waals surface area contributed by atoms with Crippen molar-refractivity contribution in [1.82, 2.24) is 9.78 Å². The van der Waals surface area contributed by atoms with E-state index in [0.717, 1.165) is 6.07 Å². The second-order valence-corrected chi connectivity index (χ2v) is 5.57. The minimum Gasteiger partial charge on any atom is -0.326 e. The molecule has 102 valence electrons. The predicted octanol–water partition coefficient (Wildman–Crippen LogP) is 0.819. The highest BCUT2D eigenvalue weighted by atomic mass is 32.2. The molecule has 8 heteroatoms. The molecule has 6 nitrogen and oxygen atoms in total. The Hall–Kier alpha value is -1.93. The molecule has 0 spiro atoms. The van der Waals surface area contributed by atoms with Crippen molar-refractivity contribution < 1.29 is 12.8 Å². The normalized spacial score (nSPS) is 11.5. The second-order valence-electron chi connectivity index (χ2n) is 3.92. The molecule has 1 heterocycles. The zero-order valence-corrected chi connectivity index (χ0v) is 11.0. The molecule has 0 aliphatic heterocycles. The number of nitrogens with one attached hydrogen (secondary N) is 1. The lowest BCUT2D eigenvalue weighted by molar-refractivity contribution is 0.570. The van der Waals surface area contributed by atoms with Crippen LogP contribution in [0.2, 0.25) is 0 Å². The Balaban J connectivity index is 2.39. The number of hydrogen-bond acceptors (Lipinski definition) is 4. The lowest BCUT2D eigenvalue weighted by atomic mass is 10.3. The van der Waals surface area contributed by atoms with E-state index < -0.39 is 20.7 Å². The number of halogens is 1. The molecule has 2 rings (SSSR count). The van der Waals surface area contributed by atoms with Gasteiger partial charge in [-0.2, -0.15) is 5.10 Å². The van der Waals surface area contributed by atoms with Crippen LogP contribution >= 0.6 is 0 Å². The van der Waals surface area contributed by atoms with Crippen LogP contribution in [0.3, 0.4) is 0 Å². The van der Waals surface area contributed by atoms with Crippen LogP contribution < -0.4 is 10.5 Å². The minimum absolute atomic E-state index is 0.105. The summed E-state index contributed by atoms with van der Waals surface area (Å²) in [5, 5.41) is 3.95. The lowest BCUT2D eigenvalue weighted by Crippen LogP contribution is -2.16. The van der Waals surface area contributed by atoms with E-state index in [1.165, 1.54) is 22.9 Å². The van der Waals surface area contributed by atoms with Crippen LogP contribution in [-0.4, -0.2) is 18.2 Å². The summed E-state index contributed by atoms with van der Waals surface area (Å²) in [5.41, 5.74) is 6.02. The van der Waals surface area contributed by atoms with E-state index in [2.05, 4.69) is 9.82 Å². The van der Waals surface area contributed by atoms with Gasteiger partial charge in [-0.1, -0.05) is 12.1 Å². The van der Waals surface area contributed by atoms with E-state index >= 15 is 0 Å². The maximum atomic E-state index is 13.5. The highest BCUT2D eigenvalue weighted by molar-refractivity contribution is 7.92. The van der Waals surface area contributed by atoms with Gasteiger partial charge in [0.05, 0.1) is 0 Å². The Labute approximate surface area is 110 Å². The molecule has 19 heavy (non-hydrogen) atoms. The summed E-state index contributed by atoms with van der Waals surface area (Å²) in [6.45, 7) is 0.128. The third-order valence-corrected chi connectivity index (χ3v) is 3.85. The molecule has 0 unspecified atom stereocenters. The van der Waals surface area contributed by atoms with Gasteiger partial charge < -0.3 is 5.73 Å². The molecule has 0 saturated heterocycles. The zero-order valence-electron chi connectivity index (χ0n) is 10.2. The van der Waals surface area contributed by atoms with Crippen LogP contribution in [-0.2, 0) is 23.6 Å². The van der Waals surface area contributed by atoms with Gasteiger partial charge in [0.15, 0.2) is 5.82 Å². The standard InChI is InChI=1S/C11H13FN4O2S/c1-16-7-8(6-13)11(14-16)15-19(17,18)10-5-3-2-4-9(10)12/h2-5,7H,6,13H2,1H3,(H,14,15). The van der Waals surface area contributed by atoms with E-state index in [9.17, 15) is 12.8 Å². The number of anilines is 1. The second kappa shape index (κ2) is 4.98. The molecule has 0 aliphatic rings. The van der Waals surface area contributed by atoms with Gasteiger partial charge in [0.25, 0.3) is 10.0 Å². The molecule has 0 atom stereocenters. The van der Waals surface area contributed by atoms with Crippen molar-refractivity contribution in [1.29, 1.82) is 0 Å². The molecule has 0 bridgehead atoms. The number of nitrogens with two attached hydrogens (primary N) is 1. The highest BCUT2D eigenvalue weighted by Crippen LogP contribution is 2.19. The quantitative estimate of drug-likeness (QED) is 0.869. The Morgan fingerprint density at radius 1 is 1.42 bits per heavy atom. The van der Waals surface area contributed by atoms with Gasteiger partial charge in [-0.3, -0.25) is 9.40 Å². The van der Waals surface area contributed by atoms with Crippen molar-refractivity contribution >= 4 is 15.8 Å². The van der Waals surface area contributed by atoms with Gasteiger partial charge in [0.1, 0.15) is 10.7 Å². The Bertz CT molecular complexity index is 696. The van der Waals surface area contributed by atoms with E-state index in [0.29, 0.717) is 5.56 Å². The van der Waals surface area contributed by atoms with Crippen molar-refractivity contribution in [3.8, 4) is 0 Å². The largest absolute Gasteiger partial charge is 0.326 e. The number of aryl methyl sites for hydroxylation is 1. The fourth-order valence-corrected chi connectivity index (χ4v) is 2.74. The van der Waals surface area contributed by atoms with Crippen molar-refractivity contribution in [2.24, 2.45) is 12.8 Å². The van der Waals surface area contributed by atoms with Crippen LogP contribution in [0.25, 0.3) is 0 Å². The topological polar surface area (TPSA) is 90.0 Å². The molecule has 3 N–H and O–H groups in total.